The Balaban J connectivity index is 1.51. The van der Waals surface area contributed by atoms with Gasteiger partial charge in [0.05, 0.1) is 11.4 Å². The fourth-order valence-electron chi connectivity index (χ4n) is 3.43. The first kappa shape index (κ1) is 13.4. The van der Waals surface area contributed by atoms with Crippen molar-refractivity contribution >= 4 is 5.90 Å². The van der Waals surface area contributed by atoms with Crippen LogP contribution in [0.3, 0.4) is 0 Å². The van der Waals surface area contributed by atoms with E-state index in [0.29, 0.717) is 5.90 Å². The lowest BCUT2D eigenvalue weighted by Gasteiger charge is -2.09. The Labute approximate surface area is 139 Å². The highest BCUT2D eigenvalue weighted by Gasteiger charge is 2.39. The van der Waals surface area contributed by atoms with Crippen molar-refractivity contribution in [2.75, 3.05) is 0 Å². The Kier molecular flexibility index (Phi) is 2.95. The van der Waals surface area contributed by atoms with Crippen molar-refractivity contribution in [2.45, 2.75) is 18.6 Å². The molecule has 24 heavy (non-hydrogen) atoms. The average Bonchev–Trinajstić information content (AvgIpc) is 3.21. The highest BCUT2D eigenvalue weighted by molar-refractivity contribution is 5.94. The van der Waals surface area contributed by atoms with Crippen LogP contribution in [0.2, 0.25) is 0 Å². The summed E-state index contributed by atoms with van der Waals surface area (Å²) >= 11 is 0. The third-order valence-electron chi connectivity index (χ3n) is 4.56. The van der Waals surface area contributed by atoms with E-state index in [9.17, 15) is 0 Å². The third-order valence-corrected chi connectivity index (χ3v) is 4.56. The Morgan fingerprint density at radius 2 is 1.67 bits per heavy atom. The molecule has 1 aliphatic heterocycles. The molecule has 0 N–H and O–H groups in total. The number of hydrogen-bond donors (Lipinski definition) is 0. The molecule has 1 aliphatic carbocycles. The Morgan fingerprint density at radius 1 is 0.833 bits per heavy atom. The zero-order valence-electron chi connectivity index (χ0n) is 13.0. The summed E-state index contributed by atoms with van der Waals surface area (Å²) < 4.78 is 6.11. The molecule has 0 fully saturated rings. The minimum atomic E-state index is 0.0940. The molecule has 0 saturated heterocycles. The molecule has 0 bridgehead atoms. The van der Waals surface area contributed by atoms with Crippen molar-refractivity contribution in [3.05, 3.63) is 83.7 Å². The summed E-state index contributed by atoms with van der Waals surface area (Å²) in [4.78, 5) is 13.9. The molecule has 2 aromatic heterocycles. The van der Waals surface area contributed by atoms with Crippen LogP contribution in [-0.2, 0) is 11.2 Å². The highest BCUT2D eigenvalue weighted by Crippen LogP contribution is 2.40. The van der Waals surface area contributed by atoms with Gasteiger partial charge in [-0.3, -0.25) is 4.98 Å². The number of aliphatic imine (C=N–C) groups is 1. The third kappa shape index (κ3) is 2.11. The van der Waals surface area contributed by atoms with Gasteiger partial charge in [0.15, 0.2) is 0 Å². The lowest BCUT2D eigenvalue weighted by atomic mass is 10.1. The van der Waals surface area contributed by atoms with Gasteiger partial charge in [-0.25, -0.2) is 9.98 Å². The van der Waals surface area contributed by atoms with Crippen LogP contribution in [0, 0.1) is 0 Å². The van der Waals surface area contributed by atoms with E-state index in [0.717, 1.165) is 23.5 Å². The largest absolute Gasteiger partial charge is 0.470 e. The van der Waals surface area contributed by atoms with Crippen molar-refractivity contribution in [2.24, 2.45) is 4.99 Å². The minimum absolute atomic E-state index is 0.0940. The fraction of sp³-hybridized carbons (Fsp3) is 0.150. The molecule has 4 heteroatoms. The summed E-state index contributed by atoms with van der Waals surface area (Å²) in [6, 6.07) is 20.2. The van der Waals surface area contributed by atoms with Gasteiger partial charge in [0.2, 0.25) is 5.90 Å². The topological polar surface area (TPSA) is 47.4 Å². The number of pyridine rings is 2. The van der Waals surface area contributed by atoms with E-state index in [1.54, 1.807) is 6.20 Å². The molecule has 0 saturated carbocycles. The Bertz CT molecular complexity index is 936. The van der Waals surface area contributed by atoms with E-state index in [1.807, 2.05) is 36.4 Å². The first-order valence-electron chi connectivity index (χ1n) is 8.09. The highest BCUT2D eigenvalue weighted by atomic mass is 16.5. The van der Waals surface area contributed by atoms with Gasteiger partial charge in [-0.2, -0.15) is 0 Å². The molecular formula is C20H15N3O. The van der Waals surface area contributed by atoms with Gasteiger partial charge < -0.3 is 4.74 Å². The Morgan fingerprint density at radius 3 is 2.58 bits per heavy atom. The lowest BCUT2D eigenvalue weighted by Crippen LogP contribution is -2.14. The molecule has 1 aromatic carbocycles. The smallest absolute Gasteiger partial charge is 0.236 e. The standard InChI is InChI=1S/C20H15N3O/c1-2-7-14-13(6-1)12-18-19(14)23-20(24-18)17-10-5-9-16(22-17)15-8-3-4-11-21-15/h1-11,18-19H,12H2/t18-,19+/m0/s1. The van der Waals surface area contributed by atoms with E-state index >= 15 is 0 Å². The maximum absolute atomic E-state index is 6.11. The number of hydrogen-bond acceptors (Lipinski definition) is 4. The van der Waals surface area contributed by atoms with Gasteiger partial charge in [-0.05, 0) is 35.4 Å². The molecular weight excluding hydrogens is 298 g/mol. The number of fused-ring (bicyclic) bond motifs is 3. The molecule has 0 radical (unpaired) electrons. The second kappa shape index (κ2) is 5.27. The molecule has 2 atom stereocenters. The number of nitrogens with zero attached hydrogens (tertiary/aromatic N) is 3. The summed E-state index contributed by atoms with van der Waals surface area (Å²) in [5.41, 5.74) is 5.06. The van der Waals surface area contributed by atoms with Crippen LogP contribution >= 0.6 is 0 Å². The predicted molar refractivity (Wildman–Crippen MR) is 91.8 cm³/mol. The van der Waals surface area contributed by atoms with Gasteiger partial charge in [-0.15, -0.1) is 0 Å². The van der Waals surface area contributed by atoms with E-state index in [1.165, 1.54) is 11.1 Å². The normalized spacial score (nSPS) is 20.9. The van der Waals surface area contributed by atoms with Crippen LogP contribution in [0.4, 0.5) is 0 Å². The van der Waals surface area contributed by atoms with Crippen LogP contribution in [0.5, 0.6) is 0 Å². The van der Waals surface area contributed by atoms with Crippen molar-refractivity contribution in [3.63, 3.8) is 0 Å². The van der Waals surface area contributed by atoms with Crippen LogP contribution in [0.1, 0.15) is 22.9 Å². The second-order valence-electron chi connectivity index (χ2n) is 6.06. The summed E-state index contributed by atoms with van der Waals surface area (Å²) in [5, 5.41) is 0. The van der Waals surface area contributed by atoms with Crippen molar-refractivity contribution in [1.29, 1.82) is 0 Å². The number of aromatic nitrogens is 2. The average molecular weight is 313 g/mol. The number of ether oxygens (including phenoxy) is 1. The van der Waals surface area contributed by atoms with E-state index in [2.05, 4.69) is 34.2 Å². The fourth-order valence-corrected chi connectivity index (χ4v) is 3.43. The predicted octanol–water partition coefficient (Wildman–Crippen LogP) is 3.59. The maximum Gasteiger partial charge on any atom is 0.236 e. The zero-order valence-corrected chi connectivity index (χ0v) is 13.0. The molecule has 0 unspecified atom stereocenters. The first-order chi connectivity index (χ1) is 11.9. The Hall–Kier alpha value is -3.01. The maximum atomic E-state index is 6.11. The first-order valence-corrected chi connectivity index (χ1v) is 8.09. The molecule has 0 amide bonds. The van der Waals surface area contributed by atoms with Crippen LogP contribution < -0.4 is 0 Å². The molecule has 3 aromatic rings. The molecule has 2 aliphatic rings. The lowest BCUT2D eigenvalue weighted by molar-refractivity contribution is 0.206. The zero-order chi connectivity index (χ0) is 15.9. The van der Waals surface area contributed by atoms with Crippen LogP contribution in [-0.4, -0.2) is 22.0 Å². The molecule has 116 valence electrons. The van der Waals surface area contributed by atoms with Gasteiger partial charge in [0.1, 0.15) is 17.8 Å². The number of rotatable bonds is 2. The minimum Gasteiger partial charge on any atom is -0.470 e. The summed E-state index contributed by atoms with van der Waals surface area (Å²) in [5.74, 6) is 0.636. The molecule has 5 rings (SSSR count). The number of benzene rings is 1. The SMILES string of the molecule is c1ccc(-c2cccc(C3=N[C@@H]4c5ccccc5C[C@@H]4O3)n2)nc1. The van der Waals surface area contributed by atoms with Gasteiger partial charge in [-0.1, -0.05) is 36.4 Å². The summed E-state index contributed by atoms with van der Waals surface area (Å²) in [6.45, 7) is 0. The van der Waals surface area contributed by atoms with E-state index in [-0.39, 0.29) is 12.1 Å². The molecule has 3 heterocycles. The quantitative estimate of drug-likeness (QED) is 0.726. The molecule has 0 spiro atoms. The van der Waals surface area contributed by atoms with Crippen molar-refractivity contribution < 1.29 is 4.74 Å². The molecule has 4 nitrogen and oxygen atoms in total. The second-order valence-corrected chi connectivity index (χ2v) is 6.06. The van der Waals surface area contributed by atoms with E-state index in [4.69, 9.17) is 9.73 Å². The van der Waals surface area contributed by atoms with Gasteiger partial charge in [0, 0.05) is 12.6 Å². The van der Waals surface area contributed by atoms with Gasteiger partial charge >= 0.3 is 0 Å². The van der Waals surface area contributed by atoms with Crippen molar-refractivity contribution in [3.8, 4) is 11.4 Å². The summed E-state index contributed by atoms with van der Waals surface area (Å²) in [6.07, 6.45) is 2.78. The van der Waals surface area contributed by atoms with Crippen LogP contribution in [0.15, 0.2) is 71.9 Å². The van der Waals surface area contributed by atoms with Gasteiger partial charge in [0.25, 0.3) is 0 Å². The van der Waals surface area contributed by atoms with Crippen molar-refractivity contribution in [1.82, 2.24) is 9.97 Å². The monoisotopic (exact) mass is 313 g/mol. The van der Waals surface area contributed by atoms with E-state index < -0.39 is 0 Å². The summed E-state index contributed by atoms with van der Waals surface area (Å²) in [7, 11) is 0. The van der Waals surface area contributed by atoms with Crippen LogP contribution in [0.25, 0.3) is 11.4 Å².